The van der Waals surface area contributed by atoms with E-state index in [9.17, 15) is 30.0 Å². The molecule has 0 amide bonds. The molecule has 0 spiro atoms. The van der Waals surface area contributed by atoms with Crippen molar-refractivity contribution < 1.29 is 39.5 Å². The third-order valence-corrected chi connectivity index (χ3v) is 7.46. The van der Waals surface area contributed by atoms with Gasteiger partial charge in [0.15, 0.2) is 0 Å². The molecule has 0 unspecified atom stereocenters. The Labute approximate surface area is 250 Å². The van der Waals surface area contributed by atoms with Gasteiger partial charge < -0.3 is 29.9 Å². The van der Waals surface area contributed by atoms with Crippen LogP contribution in [0.4, 0.5) is 0 Å². The monoisotopic (exact) mass is 586 g/mol. The summed E-state index contributed by atoms with van der Waals surface area (Å²) in [6.45, 7) is 17.4. The molecule has 0 saturated carbocycles. The Morgan fingerprint density at radius 2 is 0.952 bits per heavy atom. The average molecular weight is 587 g/mol. The second-order valence-electron chi connectivity index (χ2n) is 13.1. The summed E-state index contributed by atoms with van der Waals surface area (Å²) < 4.78 is 11.8. The van der Waals surface area contributed by atoms with Gasteiger partial charge in [0.2, 0.25) is 0 Å². The highest BCUT2D eigenvalue weighted by Gasteiger charge is 2.27. The first kappa shape index (κ1) is 35.1. The Balaban J connectivity index is 2.04. The minimum Gasteiger partial charge on any atom is -0.507 e. The fraction of sp³-hybridized carbons (Fsp3) is 0.588. The molecule has 2 aromatic carbocycles. The molecule has 0 radical (unpaired) electrons. The van der Waals surface area contributed by atoms with Crippen molar-refractivity contribution in [2.24, 2.45) is 0 Å². The lowest BCUT2D eigenvalue weighted by atomic mass is 9.78. The van der Waals surface area contributed by atoms with E-state index in [0.29, 0.717) is 52.1 Å². The first-order valence-electron chi connectivity index (χ1n) is 14.7. The smallest absolute Gasteiger partial charge is 0.303 e. The summed E-state index contributed by atoms with van der Waals surface area (Å²) in [5.41, 5.74) is 6.21. The summed E-state index contributed by atoms with van der Waals surface area (Å²) in [5, 5.41) is 40.2. The van der Waals surface area contributed by atoms with E-state index in [2.05, 4.69) is 0 Å². The lowest BCUT2D eigenvalue weighted by Crippen LogP contribution is -2.19. The topological polar surface area (TPSA) is 134 Å². The molecule has 234 valence electrons. The van der Waals surface area contributed by atoms with Gasteiger partial charge in [-0.25, -0.2) is 0 Å². The van der Waals surface area contributed by atoms with Crippen molar-refractivity contribution in [1.82, 2.24) is 0 Å². The standard InChI is InChI=1S/C34H50O8/c1-21-19-23(9-11-27(35)36)25(29(31(21)39)33(3,4)5)13-15-41-17-18-42-16-14-26-24(10-12-28(37)38)20-22(2)32(40)30(26)34(6,7)8/h19-20,39-40H,9-18H2,1-8H3,(H,35,36)(H,37,38). The van der Waals surface area contributed by atoms with E-state index < -0.39 is 11.9 Å². The van der Waals surface area contributed by atoms with Gasteiger partial charge in [-0.15, -0.1) is 0 Å². The van der Waals surface area contributed by atoms with Crippen LogP contribution < -0.4 is 0 Å². The number of phenolic OH excluding ortho intramolecular Hbond substituents is 2. The molecular formula is C34H50O8. The number of aryl methyl sites for hydroxylation is 4. The Hall–Kier alpha value is -3.10. The van der Waals surface area contributed by atoms with Crippen molar-refractivity contribution >= 4 is 11.9 Å². The fourth-order valence-corrected chi connectivity index (χ4v) is 5.62. The van der Waals surface area contributed by atoms with Gasteiger partial charge in [0.1, 0.15) is 11.5 Å². The molecule has 2 rings (SSSR count). The minimum atomic E-state index is -0.859. The quantitative estimate of drug-likeness (QED) is 0.182. The van der Waals surface area contributed by atoms with Crippen LogP contribution in [0.25, 0.3) is 0 Å². The molecular weight excluding hydrogens is 536 g/mol. The van der Waals surface area contributed by atoms with Gasteiger partial charge in [0.25, 0.3) is 0 Å². The normalized spacial score (nSPS) is 12.1. The molecule has 0 fully saturated rings. The molecule has 2 aromatic rings. The predicted octanol–water partition coefficient (Wildman–Crippen LogP) is 6.16. The predicted molar refractivity (Wildman–Crippen MR) is 164 cm³/mol. The van der Waals surface area contributed by atoms with Crippen LogP contribution in [-0.2, 0) is 55.6 Å². The zero-order valence-corrected chi connectivity index (χ0v) is 26.6. The summed E-state index contributed by atoms with van der Waals surface area (Å²) in [5.74, 6) is -1.22. The van der Waals surface area contributed by atoms with Crippen LogP contribution in [0.3, 0.4) is 0 Å². The zero-order chi connectivity index (χ0) is 31.8. The summed E-state index contributed by atoms with van der Waals surface area (Å²) >= 11 is 0. The van der Waals surface area contributed by atoms with E-state index >= 15 is 0 Å². The van der Waals surface area contributed by atoms with E-state index in [1.54, 1.807) is 0 Å². The third kappa shape index (κ3) is 9.73. The highest BCUT2D eigenvalue weighted by molar-refractivity contribution is 5.68. The zero-order valence-electron chi connectivity index (χ0n) is 26.6. The molecule has 0 aliphatic heterocycles. The highest BCUT2D eigenvalue weighted by Crippen LogP contribution is 2.40. The van der Waals surface area contributed by atoms with E-state index in [-0.39, 0.29) is 35.2 Å². The van der Waals surface area contributed by atoms with Crippen LogP contribution >= 0.6 is 0 Å². The number of carbonyl (C=O) groups is 2. The van der Waals surface area contributed by atoms with Crippen molar-refractivity contribution in [3.8, 4) is 11.5 Å². The Bertz CT molecular complexity index is 1150. The summed E-state index contributed by atoms with van der Waals surface area (Å²) in [6, 6.07) is 3.76. The number of benzene rings is 2. The second-order valence-corrected chi connectivity index (χ2v) is 13.1. The van der Waals surface area contributed by atoms with E-state index in [4.69, 9.17) is 9.47 Å². The van der Waals surface area contributed by atoms with Gasteiger partial charge in [-0.3, -0.25) is 9.59 Å². The molecule has 0 aromatic heterocycles. The van der Waals surface area contributed by atoms with E-state index in [1.165, 1.54) is 0 Å². The number of carboxylic acid groups (broad SMARTS) is 2. The van der Waals surface area contributed by atoms with E-state index in [0.717, 1.165) is 44.5 Å². The van der Waals surface area contributed by atoms with Crippen molar-refractivity contribution in [2.45, 2.75) is 105 Å². The molecule has 8 heteroatoms. The molecule has 4 N–H and O–H groups in total. The van der Waals surface area contributed by atoms with Gasteiger partial charge in [-0.1, -0.05) is 53.7 Å². The van der Waals surface area contributed by atoms with Crippen LogP contribution in [0.2, 0.25) is 0 Å². The number of hydrogen-bond donors (Lipinski definition) is 4. The van der Waals surface area contributed by atoms with Crippen molar-refractivity contribution in [3.05, 3.63) is 56.6 Å². The maximum atomic E-state index is 11.2. The third-order valence-electron chi connectivity index (χ3n) is 7.46. The maximum Gasteiger partial charge on any atom is 0.303 e. The van der Waals surface area contributed by atoms with Crippen LogP contribution in [0, 0.1) is 13.8 Å². The molecule has 0 heterocycles. The van der Waals surface area contributed by atoms with Crippen LogP contribution in [0.5, 0.6) is 11.5 Å². The molecule has 0 aliphatic carbocycles. The number of aliphatic carboxylic acids is 2. The Morgan fingerprint density at radius 3 is 1.24 bits per heavy atom. The molecule has 8 nitrogen and oxygen atoms in total. The number of hydrogen-bond acceptors (Lipinski definition) is 6. The Kier molecular flexibility index (Phi) is 12.4. The summed E-state index contributed by atoms with van der Waals surface area (Å²) in [4.78, 5) is 22.5. The average Bonchev–Trinajstić information content (AvgIpc) is 2.85. The number of carboxylic acids is 2. The molecule has 0 atom stereocenters. The van der Waals surface area contributed by atoms with Crippen molar-refractivity contribution in [2.75, 3.05) is 26.4 Å². The molecule has 0 bridgehead atoms. The van der Waals surface area contributed by atoms with Crippen LogP contribution in [-0.4, -0.2) is 58.8 Å². The van der Waals surface area contributed by atoms with E-state index in [1.807, 2.05) is 67.5 Å². The van der Waals surface area contributed by atoms with Gasteiger partial charge in [0.05, 0.1) is 26.4 Å². The molecule has 0 saturated heterocycles. The minimum absolute atomic E-state index is 0.0171. The van der Waals surface area contributed by atoms with Gasteiger partial charge in [0, 0.05) is 24.0 Å². The van der Waals surface area contributed by atoms with Gasteiger partial charge in [-0.05, 0) is 83.7 Å². The van der Waals surface area contributed by atoms with Crippen LogP contribution in [0.15, 0.2) is 12.1 Å². The molecule has 42 heavy (non-hydrogen) atoms. The Morgan fingerprint density at radius 1 is 0.619 bits per heavy atom. The fourth-order valence-electron chi connectivity index (χ4n) is 5.62. The molecule has 0 aliphatic rings. The van der Waals surface area contributed by atoms with Gasteiger partial charge in [-0.2, -0.15) is 0 Å². The summed E-state index contributed by atoms with van der Waals surface area (Å²) in [7, 11) is 0. The number of rotatable bonds is 15. The maximum absolute atomic E-state index is 11.2. The van der Waals surface area contributed by atoms with Crippen LogP contribution in [0.1, 0.15) is 98.9 Å². The number of ether oxygens (including phenoxy) is 2. The number of aromatic hydroxyl groups is 2. The lowest BCUT2D eigenvalue weighted by molar-refractivity contribution is -0.138. The van der Waals surface area contributed by atoms with Crippen molar-refractivity contribution in [3.63, 3.8) is 0 Å². The second kappa shape index (κ2) is 14.9. The first-order valence-corrected chi connectivity index (χ1v) is 14.7. The first-order chi connectivity index (χ1) is 19.4. The SMILES string of the molecule is Cc1cc(CCC(=O)O)c(CCOCCOCCc2c(CCC(=O)O)cc(C)c(O)c2C(C)(C)C)c(C(C)(C)C)c1O. The number of phenols is 2. The van der Waals surface area contributed by atoms with Gasteiger partial charge >= 0.3 is 11.9 Å². The van der Waals surface area contributed by atoms with Crippen molar-refractivity contribution in [1.29, 1.82) is 0 Å². The lowest BCUT2D eigenvalue weighted by Gasteiger charge is -2.28. The summed E-state index contributed by atoms with van der Waals surface area (Å²) in [6.07, 6.45) is 1.89. The highest BCUT2D eigenvalue weighted by atomic mass is 16.5. The largest absolute Gasteiger partial charge is 0.507 e.